The molecule has 1 aliphatic heterocycles. The standard InChI is InChI=1S/C26H20ClFN2O4S2/c1-15-5-3-4-6-20(15)30-25(32)23(36-26(30)35)12-16-7-10-21(22(11-16)33-2)34-14-24(31)29-17-8-9-19(28)18(27)13-17/h3-13H,14H2,1-2H3,(H,29,31)/b23-12-. The van der Waals surface area contributed by atoms with Crippen molar-refractivity contribution >= 4 is 69.2 Å². The largest absolute Gasteiger partial charge is 0.493 e. The van der Waals surface area contributed by atoms with Crippen LogP contribution in [0.4, 0.5) is 15.8 Å². The first-order valence-electron chi connectivity index (χ1n) is 10.7. The molecule has 4 rings (SSSR count). The lowest BCUT2D eigenvalue weighted by molar-refractivity contribution is -0.118. The Morgan fingerprint density at radius 1 is 1.17 bits per heavy atom. The van der Waals surface area contributed by atoms with Crippen LogP contribution in [-0.2, 0) is 9.59 Å². The van der Waals surface area contributed by atoms with Gasteiger partial charge in [-0.3, -0.25) is 14.5 Å². The number of nitrogens with zero attached hydrogens (tertiary/aromatic N) is 1. The van der Waals surface area contributed by atoms with Gasteiger partial charge in [0.2, 0.25) is 0 Å². The maximum atomic E-state index is 13.3. The average molecular weight is 543 g/mol. The van der Waals surface area contributed by atoms with E-state index in [-0.39, 0.29) is 17.5 Å². The molecule has 0 unspecified atom stereocenters. The fourth-order valence-corrected chi connectivity index (χ4v) is 4.91. The number of ether oxygens (including phenoxy) is 2. The summed E-state index contributed by atoms with van der Waals surface area (Å²) in [7, 11) is 1.48. The van der Waals surface area contributed by atoms with E-state index < -0.39 is 11.7 Å². The lowest BCUT2D eigenvalue weighted by Gasteiger charge is -2.16. The van der Waals surface area contributed by atoms with Crippen LogP contribution in [0.15, 0.2) is 65.6 Å². The molecule has 36 heavy (non-hydrogen) atoms. The number of hydrogen-bond acceptors (Lipinski definition) is 6. The monoisotopic (exact) mass is 542 g/mol. The van der Waals surface area contributed by atoms with Crippen LogP contribution >= 0.6 is 35.6 Å². The van der Waals surface area contributed by atoms with E-state index in [1.54, 1.807) is 24.3 Å². The van der Waals surface area contributed by atoms with Gasteiger partial charge in [0.15, 0.2) is 22.4 Å². The zero-order valence-corrected chi connectivity index (χ0v) is 21.6. The van der Waals surface area contributed by atoms with Crippen molar-refractivity contribution in [2.24, 2.45) is 0 Å². The number of anilines is 2. The molecule has 0 atom stereocenters. The minimum absolute atomic E-state index is 0.0956. The Balaban J connectivity index is 1.45. The molecular weight excluding hydrogens is 523 g/mol. The van der Waals surface area contributed by atoms with Crippen molar-refractivity contribution in [1.82, 2.24) is 0 Å². The van der Waals surface area contributed by atoms with Gasteiger partial charge in [0.25, 0.3) is 11.8 Å². The SMILES string of the molecule is COc1cc(/C=C2\SC(=S)N(c3ccccc3C)C2=O)ccc1OCC(=O)Nc1ccc(F)c(Cl)c1. The van der Waals surface area contributed by atoms with Gasteiger partial charge in [-0.05, 0) is 60.5 Å². The van der Waals surface area contributed by atoms with Crippen molar-refractivity contribution in [2.75, 3.05) is 23.9 Å². The number of halogens is 2. The minimum atomic E-state index is -0.576. The quantitative estimate of drug-likeness (QED) is 0.282. The van der Waals surface area contributed by atoms with Crippen LogP contribution in [-0.4, -0.2) is 29.9 Å². The number of thiocarbonyl (C=S) groups is 1. The summed E-state index contributed by atoms with van der Waals surface area (Å²) in [6.45, 7) is 1.62. The number of amides is 2. The number of rotatable bonds is 7. The number of methoxy groups -OCH3 is 1. The molecule has 0 saturated carbocycles. The summed E-state index contributed by atoms with van der Waals surface area (Å²) in [6.07, 6.45) is 1.73. The third-order valence-corrected chi connectivity index (χ3v) is 6.79. The maximum absolute atomic E-state index is 13.3. The third-order valence-electron chi connectivity index (χ3n) is 5.20. The molecule has 3 aromatic carbocycles. The highest BCUT2D eigenvalue weighted by atomic mass is 35.5. The number of nitrogens with one attached hydrogen (secondary N) is 1. The molecule has 1 saturated heterocycles. The second kappa shape index (κ2) is 11.1. The third kappa shape index (κ3) is 5.70. The van der Waals surface area contributed by atoms with Crippen LogP contribution in [0.25, 0.3) is 6.08 Å². The summed E-state index contributed by atoms with van der Waals surface area (Å²) in [4.78, 5) is 27.3. The van der Waals surface area contributed by atoms with Crippen LogP contribution in [0.1, 0.15) is 11.1 Å². The first kappa shape index (κ1) is 25.7. The molecule has 0 spiro atoms. The Bertz CT molecular complexity index is 1400. The summed E-state index contributed by atoms with van der Waals surface area (Å²) >= 11 is 12.4. The van der Waals surface area contributed by atoms with E-state index in [1.165, 1.54) is 35.9 Å². The number of hydrogen-bond donors (Lipinski definition) is 1. The van der Waals surface area contributed by atoms with E-state index in [1.807, 2.05) is 31.2 Å². The predicted molar refractivity (Wildman–Crippen MR) is 145 cm³/mol. The maximum Gasteiger partial charge on any atom is 0.270 e. The van der Waals surface area contributed by atoms with Crippen molar-refractivity contribution in [3.8, 4) is 11.5 Å². The normalized spacial score (nSPS) is 14.3. The molecule has 0 bridgehead atoms. The number of benzene rings is 3. The van der Waals surface area contributed by atoms with Gasteiger partial charge in [-0.2, -0.15) is 0 Å². The number of thioether (sulfide) groups is 1. The number of aryl methyl sites for hydroxylation is 1. The van der Waals surface area contributed by atoms with Gasteiger partial charge in [-0.15, -0.1) is 0 Å². The van der Waals surface area contributed by atoms with Crippen LogP contribution in [0, 0.1) is 12.7 Å². The molecule has 10 heteroatoms. The molecule has 3 aromatic rings. The summed E-state index contributed by atoms with van der Waals surface area (Å²) in [5, 5.41) is 2.49. The lowest BCUT2D eigenvalue weighted by atomic mass is 10.1. The number of carbonyl (C=O) groups is 2. The van der Waals surface area contributed by atoms with Crippen LogP contribution in [0.2, 0.25) is 5.02 Å². The molecule has 1 heterocycles. The highest BCUT2D eigenvalue weighted by Gasteiger charge is 2.34. The second-order valence-corrected chi connectivity index (χ2v) is 9.76. The summed E-state index contributed by atoms with van der Waals surface area (Å²) in [6, 6.07) is 16.5. The Kier molecular flexibility index (Phi) is 7.93. The average Bonchev–Trinajstić information content (AvgIpc) is 3.13. The zero-order chi connectivity index (χ0) is 25.8. The van der Waals surface area contributed by atoms with E-state index in [4.69, 9.17) is 33.3 Å². The topological polar surface area (TPSA) is 67.9 Å². The fraction of sp³-hybridized carbons (Fsp3) is 0.115. The van der Waals surface area contributed by atoms with Gasteiger partial charge in [0.1, 0.15) is 5.82 Å². The number of para-hydroxylation sites is 1. The minimum Gasteiger partial charge on any atom is -0.493 e. The highest BCUT2D eigenvalue weighted by molar-refractivity contribution is 8.27. The zero-order valence-electron chi connectivity index (χ0n) is 19.2. The summed E-state index contributed by atoms with van der Waals surface area (Å²) in [5.41, 5.74) is 2.76. The summed E-state index contributed by atoms with van der Waals surface area (Å²) in [5.74, 6) is -0.502. The molecule has 2 amide bonds. The van der Waals surface area contributed by atoms with E-state index >= 15 is 0 Å². The van der Waals surface area contributed by atoms with Crippen molar-refractivity contribution < 1.29 is 23.5 Å². The summed E-state index contributed by atoms with van der Waals surface area (Å²) < 4.78 is 24.8. The van der Waals surface area contributed by atoms with Gasteiger partial charge in [0.05, 0.1) is 22.7 Å². The smallest absolute Gasteiger partial charge is 0.270 e. The molecule has 1 N–H and O–H groups in total. The molecule has 184 valence electrons. The van der Waals surface area contributed by atoms with Crippen LogP contribution in [0.5, 0.6) is 11.5 Å². The Labute approximate surface area is 222 Å². The van der Waals surface area contributed by atoms with E-state index in [9.17, 15) is 14.0 Å². The Morgan fingerprint density at radius 2 is 1.94 bits per heavy atom. The first-order valence-corrected chi connectivity index (χ1v) is 12.3. The van der Waals surface area contributed by atoms with Gasteiger partial charge >= 0.3 is 0 Å². The highest BCUT2D eigenvalue weighted by Crippen LogP contribution is 2.38. The molecule has 1 fully saturated rings. The lowest BCUT2D eigenvalue weighted by Crippen LogP contribution is -2.28. The molecule has 0 aliphatic carbocycles. The fourth-order valence-electron chi connectivity index (χ4n) is 3.45. The van der Waals surface area contributed by atoms with Crippen LogP contribution in [0.3, 0.4) is 0 Å². The van der Waals surface area contributed by atoms with Gasteiger partial charge in [-0.1, -0.05) is 59.8 Å². The van der Waals surface area contributed by atoms with E-state index in [0.717, 1.165) is 17.3 Å². The molecule has 1 aliphatic rings. The Morgan fingerprint density at radius 3 is 2.67 bits per heavy atom. The van der Waals surface area contributed by atoms with Gasteiger partial charge in [0, 0.05) is 5.69 Å². The predicted octanol–water partition coefficient (Wildman–Crippen LogP) is 6.22. The van der Waals surface area contributed by atoms with Crippen LogP contribution < -0.4 is 19.7 Å². The molecule has 0 radical (unpaired) electrons. The molecule has 6 nitrogen and oxygen atoms in total. The van der Waals surface area contributed by atoms with Crippen molar-refractivity contribution in [3.05, 3.63) is 87.5 Å². The molecule has 0 aromatic heterocycles. The second-order valence-electron chi connectivity index (χ2n) is 7.68. The first-order chi connectivity index (χ1) is 17.3. The number of carbonyl (C=O) groups excluding carboxylic acids is 2. The van der Waals surface area contributed by atoms with Crippen molar-refractivity contribution in [2.45, 2.75) is 6.92 Å². The van der Waals surface area contributed by atoms with Gasteiger partial charge < -0.3 is 14.8 Å². The van der Waals surface area contributed by atoms with Crippen molar-refractivity contribution in [1.29, 1.82) is 0 Å². The van der Waals surface area contributed by atoms with E-state index in [0.29, 0.717) is 32.0 Å². The van der Waals surface area contributed by atoms with E-state index in [2.05, 4.69) is 5.32 Å². The molecular formula is C26H20ClFN2O4S2. The van der Waals surface area contributed by atoms with Gasteiger partial charge in [-0.25, -0.2) is 4.39 Å². The Hall–Kier alpha value is -3.40. The van der Waals surface area contributed by atoms with Crippen molar-refractivity contribution in [3.63, 3.8) is 0 Å².